The lowest BCUT2D eigenvalue weighted by atomic mass is 9.92. The lowest BCUT2D eigenvalue weighted by molar-refractivity contribution is -0.0841. The third-order valence-corrected chi connectivity index (χ3v) is 3.83. The molecule has 0 bridgehead atoms. The monoisotopic (exact) mass is 262 g/mol. The molecule has 1 aliphatic rings. The maximum atomic E-state index is 5.82. The van der Waals surface area contributed by atoms with Crippen LogP contribution >= 0.6 is 0 Å². The number of nitrogens with zero attached hydrogens (tertiary/aromatic N) is 1. The molecule has 1 aromatic carbocycles. The summed E-state index contributed by atoms with van der Waals surface area (Å²) in [6.07, 6.45) is 2.19. The fourth-order valence-corrected chi connectivity index (χ4v) is 2.89. The van der Waals surface area contributed by atoms with Crippen LogP contribution in [-0.4, -0.2) is 36.2 Å². The zero-order chi connectivity index (χ0) is 13.7. The SMILES string of the molecule is CC1(C)CC(N(CCN)Cc2ccccc2)CCO1. The van der Waals surface area contributed by atoms with Crippen molar-refractivity contribution in [2.24, 2.45) is 5.73 Å². The number of rotatable bonds is 5. The second kappa shape index (κ2) is 6.51. The van der Waals surface area contributed by atoms with E-state index in [1.807, 2.05) is 0 Å². The van der Waals surface area contributed by atoms with E-state index in [4.69, 9.17) is 10.5 Å². The highest BCUT2D eigenvalue weighted by Crippen LogP contribution is 2.28. The van der Waals surface area contributed by atoms with Crippen LogP contribution in [0, 0.1) is 0 Å². The molecule has 2 rings (SSSR count). The van der Waals surface area contributed by atoms with Gasteiger partial charge in [0.2, 0.25) is 0 Å². The summed E-state index contributed by atoms with van der Waals surface area (Å²) in [7, 11) is 0. The zero-order valence-electron chi connectivity index (χ0n) is 12.1. The van der Waals surface area contributed by atoms with Crippen molar-refractivity contribution in [2.75, 3.05) is 19.7 Å². The third-order valence-electron chi connectivity index (χ3n) is 3.83. The van der Waals surface area contributed by atoms with Gasteiger partial charge in [0.1, 0.15) is 0 Å². The van der Waals surface area contributed by atoms with E-state index in [9.17, 15) is 0 Å². The van der Waals surface area contributed by atoms with Crippen molar-refractivity contribution in [1.29, 1.82) is 0 Å². The molecule has 1 heterocycles. The van der Waals surface area contributed by atoms with Gasteiger partial charge in [-0.2, -0.15) is 0 Å². The molecule has 1 fully saturated rings. The van der Waals surface area contributed by atoms with Crippen molar-refractivity contribution in [2.45, 2.75) is 44.9 Å². The average molecular weight is 262 g/mol. The Morgan fingerprint density at radius 3 is 2.68 bits per heavy atom. The first-order valence-electron chi connectivity index (χ1n) is 7.23. The quantitative estimate of drug-likeness (QED) is 0.885. The Hall–Kier alpha value is -0.900. The molecule has 1 saturated heterocycles. The van der Waals surface area contributed by atoms with Crippen LogP contribution in [0.2, 0.25) is 0 Å². The molecular weight excluding hydrogens is 236 g/mol. The molecule has 0 saturated carbocycles. The summed E-state index contributed by atoms with van der Waals surface area (Å²) in [5, 5.41) is 0. The first kappa shape index (κ1) is 14.5. The molecule has 1 unspecified atom stereocenters. The van der Waals surface area contributed by atoms with E-state index in [0.29, 0.717) is 12.6 Å². The number of hydrogen-bond acceptors (Lipinski definition) is 3. The maximum Gasteiger partial charge on any atom is 0.0641 e. The fraction of sp³-hybridized carbons (Fsp3) is 0.625. The van der Waals surface area contributed by atoms with Crippen LogP contribution in [-0.2, 0) is 11.3 Å². The summed E-state index contributed by atoms with van der Waals surface area (Å²) >= 11 is 0. The summed E-state index contributed by atoms with van der Waals surface area (Å²) in [5.74, 6) is 0. The van der Waals surface area contributed by atoms with Crippen LogP contribution in [0.4, 0.5) is 0 Å². The van der Waals surface area contributed by atoms with Gasteiger partial charge in [-0.3, -0.25) is 4.90 Å². The highest BCUT2D eigenvalue weighted by molar-refractivity contribution is 5.14. The first-order valence-corrected chi connectivity index (χ1v) is 7.23. The van der Waals surface area contributed by atoms with Gasteiger partial charge in [0, 0.05) is 32.3 Å². The predicted octanol–water partition coefficient (Wildman–Crippen LogP) is 2.40. The van der Waals surface area contributed by atoms with Gasteiger partial charge in [-0.1, -0.05) is 30.3 Å². The largest absolute Gasteiger partial charge is 0.375 e. The lowest BCUT2D eigenvalue weighted by Crippen LogP contribution is -2.47. The van der Waals surface area contributed by atoms with Crippen molar-refractivity contribution in [3.63, 3.8) is 0 Å². The van der Waals surface area contributed by atoms with Gasteiger partial charge in [0.15, 0.2) is 0 Å². The Morgan fingerprint density at radius 1 is 1.32 bits per heavy atom. The van der Waals surface area contributed by atoms with Crippen molar-refractivity contribution < 1.29 is 4.74 Å². The second-order valence-electron chi connectivity index (χ2n) is 6.00. The lowest BCUT2D eigenvalue weighted by Gasteiger charge is -2.41. The molecular formula is C16H26N2O. The number of hydrogen-bond donors (Lipinski definition) is 1. The smallest absolute Gasteiger partial charge is 0.0641 e. The highest BCUT2D eigenvalue weighted by Gasteiger charge is 2.31. The molecule has 1 aromatic rings. The Morgan fingerprint density at radius 2 is 2.05 bits per heavy atom. The first-order chi connectivity index (χ1) is 9.11. The zero-order valence-corrected chi connectivity index (χ0v) is 12.1. The van der Waals surface area contributed by atoms with Crippen molar-refractivity contribution >= 4 is 0 Å². The molecule has 3 heteroatoms. The van der Waals surface area contributed by atoms with Gasteiger partial charge in [-0.25, -0.2) is 0 Å². The van der Waals surface area contributed by atoms with Crippen LogP contribution in [0.3, 0.4) is 0 Å². The minimum Gasteiger partial charge on any atom is -0.375 e. The molecule has 1 aliphatic heterocycles. The van der Waals surface area contributed by atoms with Gasteiger partial charge >= 0.3 is 0 Å². The van der Waals surface area contributed by atoms with E-state index in [1.165, 1.54) is 5.56 Å². The van der Waals surface area contributed by atoms with Crippen LogP contribution in [0.5, 0.6) is 0 Å². The molecule has 0 amide bonds. The van der Waals surface area contributed by atoms with Crippen LogP contribution in [0.15, 0.2) is 30.3 Å². The topological polar surface area (TPSA) is 38.5 Å². The van der Waals surface area contributed by atoms with Crippen molar-refractivity contribution in [3.05, 3.63) is 35.9 Å². The van der Waals surface area contributed by atoms with Gasteiger partial charge in [0.05, 0.1) is 5.60 Å². The summed E-state index contributed by atoms with van der Waals surface area (Å²) < 4.78 is 5.82. The molecule has 0 radical (unpaired) electrons. The number of benzene rings is 1. The van der Waals surface area contributed by atoms with Gasteiger partial charge in [-0.15, -0.1) is 0 Å². The van der Waals surface area contributed by atoms with Gasteiger partial charge in [-0.05, 0) is 32.3 Å². The molecule has 106 valence electrons. The third kappa shape index (κ3) is 4.30. The van der Waals surface area contributed by atoms with E-state index < -0.39 is 0 Å². The maximum absolute atomic E-state index is 5.82. The van der Waals surface area contributed by atoms with E-state index in [1.54, 1.807) is 0 Å². The average Bonchev–Trinajstić information content (AvgIpc) is 2.38. The summed E-state index contributed by atoms with van der Waals surface area (Å²) in [4.78, 5) is 2.51. The Balaban J connectivity index is 2.03. The molecule has 1 atom stereocenters. The van der Waals surface area contributed by atoms with Gasteiger partial charge < -0.3 is 10.5 Å². The molecule has 0 spiro atoms. The fourth-order valence-electron chi connectivity index (χ4n) is 2.89. The Bertz CT molecular complexity index is 378. The predicted molar refractivity (Wildman–Crippen MR) is 79.0 cm³/mol. The Kier molecular flexibility index (Phi) is 4.97. The normalized spacial score (nSPS) is 22.6. The van der Waals surface area contributed by atoms with Crippen LogP contribution < -0.4 is 5.73 Å². The second-order valence-corrected chi connectivity index (χ2v) is 6.00. The van der Waals surface area contributed by atoms with E-state index >= 15 is 0 Å². The number of nitrogens with two attached hydrogens (primary N) is 1. The standard InChI is InChI=1S/C16H26N2O/c1-16(2)12-15(8-11-19-16)18(10-9-17)13-14-6-4-3-5-7-14/h3-7,15H,8-13,17H2,1-2H3. The minimum absolute atomic E-state index is 0.00749. The Labute approximate surface area is 116 Å². The molecule has 0 aromatic heterocycles. The van der Waals surface area contributed by atoms with Crippen molar-refractivity contribution in [1.82, 2.24) is 4.90 Å². The number of ether oxygens (including phenoxy) is 1. The van der Waals surface area contributed by atoms with Crippen molar-refractivity contribution in [3.8, 4) is 0 Å². The van der Waals surface area contributed by atoms with E-state index in [-0.39, 0.29) is 5.60 Å². The molecule has 0 aliphatic carbocycles. The molecule has 3 nitrogen and oxygen atoms in total. The summed E-state index contributed by atoms with van der Waals surface area (Å²) in [5.41, 5.74) is 7.14. The highest BCUT2D eigenvalue weighted by atomic mass is 16.5. The minimum atomic E-state index is -0.00749. The molecule has 2 N–H and O–H groups in total. The van der Waals surface area contributed by atoms with Crippen LogP contribution in [0.25, 0.3) is 0 Å². The van der Waals surface area contributed by atoms with Gasteiger partial charge in [0.25, 0.3) is 0 Å². The van der Waals surface area contributed by atoms with Crippen LogP contribution in [0.1, 0.15) is 32.3 Å². The summed E-state index contributed by atoms with van der Waals surface area (Å²) in [6, 6.07) is 11.2. The molecule has 19 heavy (non-hydrogen) atoms. The van der Waals surface area contributed by atoms with E-state index in [0.717, 1.165) is 32.5 Å². The summed E-state index contributed by atoms with van der Waals surface area (Å²) in [6.45, 7) is 7.87. The van der Waals surface area contributed by atoms with E-state index in [2.05, 4.69) is 49.1 Å².